The third-order valence-corrected chi connectivity index (χ3v) is 5.56. The summed E-state index contributed by atoms with van der Waals surface area (Å²) in [6.07, 6.45) is 5.99. The number of para-hydroxylation sites is 1. The number of carbonyl (C=O) groups is 1. The number of H-pyrrole nitrogens is 1. The molecule has 136 valence electrons. The molecule has 1 aromatic heterocycles. The van der Waals surface area contributed by atoms with Crippen molar-refractivity contribution >= 4 is 17.0 Å². The first-order valence-electron chi connectivity index (χ1n) is 9.54. The molecule has 1 aliphatic carbocycles. The Kier molecular flexibility index (Phi) is 5.67. The zero-order chi connectivity index (χ0) is 17.8. The number of hydrogen-bond donors (Lipinski definition) is 2. The number of carbonyl (C=O) groups excluding carboxylic acids is 1. The third kappa shape index (κ3) is 4.36. The summed E-state index contributed by atoms with van der Waals surface area (Å²) in [6, 6.07) is 8.24. The summed E-state index contributed by atoms with van der Waals surface area (Å²) in [4.78, 5) is 15.5. The van der Waals surface area contributed by atoms with Crippen LogP contribution in [0.15, 0.2) is 30.5 Å². The van der Waals surface area contributed by atoms with Crippen molar-refractivity contribution < 1.29 is 9.53 Å². The van der Waals surface area contributed by atoms with Crippen LogP contribution < -0.4 is 5.32 Å². The van der Waals surface area contributed by atoms with Crippen molar-refractivity contribution in [1.29, 1.82) is 0 Å². The van der Waals surface area contributed by atoms with E-state index in [1.807, 2.05) is 18.3 Å². The first-order valence-corrected chi connectivity index (χ1v) is 9.54. The Morgan fingerprint density at radius 1 is 1.32 bits per heavy atom. The number of rotatable bonds is 5. The molecule has 0 bridgehead atoms. The summed E-state index contributed by atoms with van der Waals surface area (Å²) in [5.41, 5.74) is 2.36. The summed E-state index contributed by atoms with van der Waals surface area (Å²) < 4.78 is 5.78. The van der Waals surface area contributed by atoms with Gasteiger partial charge in [-0.25, -0.2) is 4.79 Å². The van der Waals surface area contributed by atoms with Crippen molar-refractivity contribution in [3.05, 3.63) is 36.0 Å². The molecule has 4 nitrogen and oxygen atoms in total. The second-order valence-corrected chi connectivity index (χ2v) is 7.81. The third-order valence-electron chi connectivity index (χ3n) is 5.56. The second-order valence-electron chi connectivity index (χ2n) is 7.81. The van der Waals surface area contributed by atoms with Crippen LogP contribution in [0.4, 0.5) is 4.79 Å². The molecule has 0 saturated heterocycles. The minimum absolute atomic E-state index is 0.0526. The molecule has 0 spiro atoms. The number of benzene rings is 1. The molecule has 1 aliphatic rings. The van der Waals surface area contributed by atoms with Gasteiger partial charge in [0.1, 0.15) is 6.10 Å². The van der Waals surface area contributed by atoms with E-state index >= 15 is 0 Å². The largest absolute Gasteiger partial charge is 0.446 e. The van der Waals surface area contributed by atoms with E-state index in [4.69, 9.17) is 4.74 Å². The van der Waals surface area contributed by atoms with E-state index in [1.54, 1.807) is 0 Å². The minimum atomic E-state index is -0.274. The van der Waals surface area contributed by atoms with Crippen LogP contribution in [0.3, 0.4) is 0 Å². The molecule has 3 atom stereocenters. The number of hydrogen-bond acceptors (Lipinski definition) is 2. The number of aromatic amines is 1. The molecule has 1 heterocycles. The first kappa shape index (κ1) is 17.8. The quantitative estimate of drug-likeness (QED) is 0.812. The zero-order valence-corrected chi connectivity index (χ0v) is 15.5. The van der Waals surface area contributed by atoms with Crippen LogP contribution in [-0.4, -0.2) is 23.7 Å². The molecule has 2 N–H and O–H groups in total. The van der Waals surface area contributed by atoms with Gasteiger partial charge in [0.25, 0.3) is 0 Å². The fourth-order valence-corrected chi connectivity index (χ4v) is 4.07. The standard InChI is InChI=1S/C21H30N2O2/c1-14(2)17-9-8-15(3)12-20(17)25-21(24)22-11-10-16-13-23-19-7-5-4-6-18(16)19/h4-7,13-15,17,20,23H,8-12H2,1-3H3,(H,22,24)/t15-,17+,20-/m0/s1. The number of aromatic nitrogens is 1. The molecule has 1 saturated carbocycles. The monoisotopic (exact) mass is 342 g/mol. The molecule has 2 aromatic rings. The van der Waals surface area contributed by atoms with Crippen molar-refractivity contribution in [2.24, 2.45) is 17.8 Å². The Balaban J connectivity index is 1.50. The van der Waals surface area contributed by atoms with Gasteiger partial charge in [-0.2, -0.15) is 0 Å². The van der Waals surface area contributed by atoms with Gasteiger partial charge in [-0.3, -0.25) is 0 Å². The molecule has 1 fully saturated rings. The van der Waals surface area contributed by atoms with Gasteiger partial charge < -0.3 is 15.0 Å². The van der Waals surface area contributed by atoms with E-state index in [-0.39, 0.29) is 12.2 Å². The number of fused-ring (bicyclic) bond motifs is 1. The van der Waals surface area contributed by atoms with E-state index in [0.717, 1.165) is 24.8 Å². The fraction of sp³-hybridized carbons (Fsp3) is 0.571. The number of ether oxygens (including phenoxy) is 1. The van der Waals surface area contributed by atoms with Gasteiger partial charge in [0.05, 0.1) is 0 Å². The molecule has 1 aromatic carbocycles. The van der Waals surface area contributed by atoms with Gasteiger partial charge in [-0.05, 0) is 48.6 Å². The van der Waals surface area contributed by atoms with E-state index in [2.05, 4.69) is 43.2 Å². The Bertz CT molecular complexity index is 707. The van der Waals surface area contributed by atoms with Crippen LogP contribution in [0.1, 0.15) is 45.6 Å². The lowest BCUT2D eigenvalue weighted by Crippen LogP contribution is -2.39. The molecule has 0 radical (unpaired) electrons. The molecular weight excluding hydrogens is 312 g/mol. The molecule has 1 amide bonds. The van der Waals surface area contributed by atoms with Gasteiger partial charge in [0, 0.05) is 23.6 Å². The van der Waals surface area contributed by atoms with Crippen molar-refractivity contribution in [2.75, 3.05) is 6.54 Å². The van der Waals surface area contributed by atoms with E-state index in [0.29, 0.717) is 24.3 Å². The summed E-state index contributed by atoms with van der Waals surface area (Å²) in [6.45, 7) is 7.30. The minimum Gasteiger partial charge on any atom is -0.446 e. The summed E-state index contributed by atoms with van der Waals surface area (Å²) in [7, 11) is 0. The van der Waals surface area contributed by atoms with Crippen LogP contribution in [0, 0.1) is 17.8 Å². The molecule has 25 heavy (non-hydrogen) atoms. The Labute approximate surface area is 150 Å². The maximum Gasteiger partial charge on any atom is 0.407 e. The summed E-state index contributed by atoms with van der Waals surface area (Å²) in [5, 5.41) is 4.15. The smallest absolute Gasteiger partial charge is 0.407 e. The highest BCUT2D eigenvalue weighted by atomic mass is 16.6. The first-order chi connectivity index (χ1) is 12.0. The van der Waals surface area contributed by atoms with Crippen LogP contribution >= 0.6 is 0 Å². The molecule has 4 heteroatoms. The van der Waals surface area contributed by atoms with Gasteiger partial charge in [0.15, 0.2) is 0 Å². The number of alkyl carbamates (subject to hydrolysis) is 1. The number of nitrogens with one attached hydrogen (secondary N) is 2. The predicted octanol–water partition coefficient (Wildman–Crippen LogP) is 4.90. The van der Waals surface area contributed by atoms with E-state index in [9.17, 15) is 4.79 Å². The van der Waals surface area contributed by atoms with Crippen molar-refractivity contribution in [3.8, 4) is 0 Å². The second kappa shape index (κ2) is 7.94. The maximum absolute atomic E-state index is 12.2. The van der Waals surface area contributed by atoms with Gasteiger partial charge >= 0.3 is 6.09 Å². The van der Waals surface area contributed by atoms with Crippen LogP contribution in [-0.2, 0) is 11.2 Å². The SMILES string of the molecule is CC(C)[C@H]1CC[C@H](C)C[C@@H]1OC(=O)NCCc1c[nH]c2ccccc12. The Hall–Kier alpha value is -1.97. The van der Waals surface area contributed by atoms with Crippen molar-refractivity contribution in [2.45, 2.75) is 52.6 Å². The summed E-state index contributed by atoms with van der Waals surface area (Å²) >= 11 is 0. The van der Waals surface area contributed by atoms with Crippen LogP contribution in [0.5, 0.6) is 0 Å². The zero-order valence-electron chi connectivity index (χ0n) is 15.5. The lowest BCUT2D eigenvalue weighted by molar-refractivity contribution is 0.00631. The molecule has 3 rings (SSSR count). The van der Waals surface area contributed by atoms with Gasteiger partial charge in [-0.1, -0.05) is 45.4 Å². The lowest BCUT2D eigenvalue weighted by atomic mass is 9.75. The van der Waals surface area contributed by atoms with Crippen LogP contribution in [0.25, 0.3) is 10.9 Å². The lowest BCUT2D eigenvalue weighted by Gasteiger charge is -2.36. The molecular formula is C21H30N2O2. The topological polar surface area (TPSA) is 54.1 Å². The average Bonchev–Trinajstić information content (AvgIpc) is 2.98. The highest BCUT2D eigenvalue weighted by Crippen LogP contribution is 2.35. The van der Waals surface area contributed by atoms with Gasteiger partial charge in [0.2, 0.25) is 0 Å². The fourth-order valence-electron chi connectivity index (χ4n) is 4.07. The molecule has 0 aliphatic heterocycles. The summed E-state index contributed by atoms with van der Waals surface area (Å²) in [5.74, 6) is 1.67. The van der Waals surface area contributed by atoms with Crippen molar-refractivity contribution in [1.82, 2.24) is 10.3 Å². The van der Waals surface area contributed by atoms with E-state index < -0.39 is 0 Å². The van der Waals surface area contributed by atoms with Gasteiger partial charge in [-0.15, -0.1) is 0 Å². The van der Waals surface area contributed by atoms with Crippen LogP contribution in [0.2, 0.25) is 0 Å². The maximum atomic E-state index is 12.2. The highest BCUT2D eigenvalue weighted by Gasteiger charge is 2.33. The van der Waals surface area contributed by atoms with Crippen molar-refractivity contribution in [3.63, 3.8) is 0 Å². The normalized spacial score (nSPS) is 23.8. The Morgan fingerprint density at radius 2 is 2.12 bits per heavy atom. The average molecular weight is 342 g/mol. The number of amides is 1. The highest BCUT2D eigenvalue weighted by molar-refractivity contribution is 5.83. The predicted molar refractivity (Wildman–Crippen MR) is 102 cm³/mol. The molecule has 0 unspecified atom stereocenters. The van der Waals surface area contributed by atoms with E-state index in [1.165, 1.54) is 17.4 Å². The Morgan fingerprint density at radius 3 is 2.92 bits per heavy atom.